The van der Waals surface area contributed by atoms with E-state index in [0.29, 0.717) is 25.7 Å². The van der Waals surface area contributed by atoms with E-state index in [1.165, 1.54) is 11.1 Å². The number of nitrogens with zero attached hydrogens (tertiary/aromatic N) is 1. The number of carbonyl (C=O) groups is 1. The van der Waals surface area contributed by atoms with Gasteiger partial charge in [-0.2, -0.15) is 0 Å². The predicted molar refractivity (Wildman–Crippen MR) is 88.8 cm³/mol. The second-order valence-electron chi connectivity index (χ2n) is 6.53. The molecule has 23 heavy (non-hydrogen) atoms. The van der Waals surface area contributed by atoms with Gasteiger partial charge in [-0.25, -0.2) is 0 Å². The van der Waals surface area contributed by atoms with Crippen molar-refractivity contribution in [1.82, 2.24) is 10.2 Å². The highest BCUT2D eigenvalue weighted by Gasteiger charge is 2.27. The van der Waals surface area contributed by atoms with Gasteiger partial charge in [0.1, 0.15) is 11.9 Å². The molecular formula is C18H26N2O3. The largest absolute Gasteiger partial charge is 0.493 e. The van der Waals surface area contributed by atoms with Gasteiger partial charge in [-0.1, -0.05) is 12.1 Å². The third-order valence-electron chi connectivity index (χ3n) is 4.59. The smallest absolute Gasteiger partial charge is 0.250 e. The van der Waals surface area contributed by atoms with E-state index in [-0.39, 0.29) is 12.0 Å². The van der Waals surface area contributed by atoms with Crippen LogP contribution in [-0.4, -0.2) is 55.8 Å². The van der Waals surface area contributed by atoms with Crippen LogP contribution in [0.15, 0.2) is 18.2 Å². The summed E-state index contributed by atoms with van der Waals surface area (Å²) in [5.74, 6) is 1.00. The van der Waals surface area contributed by atoms with Crippen LogP contribution < -0.4 is 10.1 Å². The maximum atomic E-state index is 12.3. The molecule has 0 unspecified atom stereocenters. The third kappa shape index (κ3) is 4.03. The average molecular weight is 318 g/mol. The molecule has 1 fully saturated rings. The van der Waals surface area contributed by atoms with Crippen molar-refractivity contribution in [2.45, 2.75) is 38.8 Å². The van der Waals surface area contributed by atoms with Crippen molar-refractivity contribution in [1.29, 1.82) is 0 Å². The van der Waals surface area contributed by atoms with Crippen LogP contribution in [0.1, 0.15) is 25.0 Å². The average Bonchev–Trinajstić information content (AvgIpc) is 3.02. The van der Waals surface area contributed by atoms with Gasteiger partial charge in [-0.3, -0.25) is 9.69 Å². The molecule has 5 nitrogen and oxygen atoms in total. The van der Waals surface area contributed by atoms with E-state index in [1.54, 1.807) is 0 Å². The van der Waals surface area contributed by atoms with Gasteiger partial charge in [0.2, 0.25) is 5.91 Å². The zero-order valence-electron chi connectivity index (χ0n) is 14.0. The third-order valence-corrected chi connectivity index (χ3v) is 4.59. The minimum Gasteiger partial charge on any atom is -0.493 e. The quantitative estimate of drug-likeness (QED) is 0.891. The van der Waals surface area contributed by atoms with Crippen molar-refractivity contribution in [2.75, 3.05) is 32.8 Å². The van der Waals surface area contributed by atoms with Gasteiger partial charge in [0, 0.05) is 32.1 Å². The number of amides is 1. The molecule has 5 heteroatoms. The summed E-state index contributed by atoms with van der Waals surface area (Å²) >= 11 is 0. The van der Waals surface area contributed by atoms with Crippen LogP contribution in [0.5, 0.6) is 5.75 Å². The molecule has 1 atom stereocenters. The molecule has 0 saturated carbocycles. The summed E-state index contributed by atoms with van der Waals surface area (Å²) < 4.78 is 11.1. The van der Waals surface area contributed by atoms with E-state index in [4.69, 9.17) is 9.47 Å². The van der Waals surface area contributed by atoms with Crippen LogP contribution in [0.2, 0.25) is 0 Å². The second kappa shape index (κ2) is 7.32. The molecule has 2 aliphatic rings. The van der Waals surface area contributed by atoms with E-state index in [2.05, 4.69) is 36.2 Å². The van der Waals surface area contributed by atoms with Crippen molar-refractivity contribution in [3.63, 3.8) is 0 Å². The summed E-state index contributed by atoms with van der Waals surface area (Å²) in [6.07, 6.45) is 1.47. The molecule has 1 N–H and O–H groups in total. The van der Waals surface area contributed by atoms with Gasteiger partial charge in [0.15, 0.2) is 0 Å². The summed E-state index contributed by atoms with van der Waals surface area (Å²) in [6.45, 7) is 7.93. The van der Waals surface area contributed by atoms with Crippen molar-refractivity contribution in [3.05, 3.63) is 29.3 Å². The van der Waals surface area contributed by atoms with Crippen molar-refractivity contribution in [2.24, 2.45) is 0 Å². The normalized spacial score (nSPS) is 21.1. The molecule has 1 saturated heterocycles. The fourth-order valence-corrected chi connectivity index (χ4v) is 3.14. The lowest BCUT2D eigenvalue weighted by molar-refractivity contribution is -0.139. The number of hydrogen-bond acceptors (Lipinski definition) is 4. The molecule has 2 heterocycles. The van der Waals surface area contributed by atoms with Crippen LogP contribution in [0.4, 0.5) is 0 Å². The van der Waals surface area contributed by atoms with Gasteiger partial charge < -0.3 is 14.8 Å². The topological polar surface area (TPSA) is 50.8 Å². The Morgan fingerprint density at radius 2 is 2.26 bits per heavy atom. The van der Waals surface area contributed by atoms with Crippen LogP contribution >= 0.6 is 0 Å². The van der Waals surface area contributed by atoms with Crippen LogP contribution in [0, 0.1) is 0 Å². The first-order valence-corrected chi connectivity index (χ1v) is 8.51. The Hall–Kier alpha value is -1.59. The molecule has 2 aliphatic heterocycles. The number of fused-ring (bicyclic) bond motifs is 1. The SMILES string of the molecule is CC(C)N1CCO[C@H](C(=O)NCCc2ccc3c(c2)CCO3)C1. The van der Waals surface area contributed by atoms with Crippen LogP contribution in [0.3, 0.4) is 0 Å². The lowest BCUT2D eigenvalue weighted by Gasteiger charge is -2.34. The van der Waals surface area contributed by atoms with Crippen molar-refractivity contribution < 1.29 is 14.3 Å². The summed E-state index contributed by atoms with van der Waals surface area (Å²) in [5.41, 5.74) is 2.51. The first kappa shape index (κ1) is 16.3. The first-order valence-electron chi connectivity index (χ1n) is 8.51. The minimum absolute atomic E-state index is 0.000145. The monoisotopic (exact) mass is 318 g/mol. The van der Waals surface area contributed by atoms with Gasteiger partial charge >= 0.3 is 0 Å². The molecule has 0 spiro atoms. The highest BCUT2D eigenvalue weighted by Crippen LogP contribution is 2.25. The molecule has 1 amide bonds. The van der Waals surface area contributed by atoms with Crippen LogP contribution in [0.25, 0.3) is 0 Å². The van der Waals surface area contributed by atoms with Gasteiger partial charge in [-0.05, 0) is 37.5 Å². The summed E-state index contributed by atoms with van der Waals surface area (Å²) in [4.78, 5) is 14.5. The van der Waals surface area contributed by atoms with E-state index < -0.39 is 0 Å². The standard InChI is InChI=1S/C18H26N2O3/c1-13(2)20-8-10-23-17(12-20)18(21)19-7-5-14-3-4-16-15(11-14)6-9-22-16/h3-4,11,13,17H,5-10,12H2,1-2H3,(H,19,21)/t17-/m0/s1. The maximum Gasteiger partial charge on any atom is 0.250 e. The fourth-order valence-electron chi connectivity index (χ4n) is 3.14. The first-order chi connectivity index (χ1) is 11.1. The van der Waals surface area contributed by atoms with Crippen LogP contribution in [-0.2, 0) is 22.4 Å². The summed E-state index contributed by atoms with van der Waals surface area (Å²) in [7, 11) is 0. The lowest BCUT2D eigenvalue weighted by Crippen LogP contribution is -2.51. The molecule has 0 bridgehead atoms. The number of nitrogens with one attached hydrogen (secondary N) is 1. The lowest BCUT2D eigenvalue weighted by atomic mass is 10.1. The minimum atomic E-state index is -0.348. The summed E-state index contributed by atoms with van der Waals surface area (Å²) in [5, 5.41) is 3.01. The van der Waals surface area contributed by atoms with E-state index >= 15 is 0 Å². The predicted octanol–water partition coefficient (Wildman–Crippen LogP) is 1.39. The van der Waals surface area contributed by atoms with Gasteiger partial charge in [0.05, 0.1) is 13.2 Å². The zero-order chi connectivity index (χ0) is 16.2. The molecule has 126 valence electrons. The Labute approximate surface area is 137 Å². The molecule has 0 aromatic heterocycles. The second-order valence-corrected chi connectivity index (χ2v) is 6.53. The molecule has 0 aliphatic carbocycles. The number of ether oxygens (including phenoxy) is 2. The molecule has 0 radical (unpaired) electrons. The van der Waals surface area contributed by atoms with E-state index in [1.807, 2.05) is 6.07 Å². The number of rotatable bonds is 5. The Morgan fingerprint density at radius 3 is 3.09 bits per heavy atom. The molecular weight excluding hydrogens is 292 g/mol. The number of carbonyl (C=O) groups excluding carboxylic acids is 1. The maximum absolute atomic E-state index is 12.3. The summed E-state index contributed by atoms with van der Waals surface area (Å²) in [6, 6.07) is 6.74. The molecule has 1 aromatic carbocycles. The Kier molecular flexibility index (Phi) is 5.18. The molecule has 3 rings (SSSR count). The number of benzene rings is 1. The van der Waals surface area contributed by atoms with E-state index in [9.17, 15) is 4.79 Å². The Balaban J connectivity index is 1.46. The van der Waals surface area contributed by atoms with Gasteiger partial charge in [0.25, 0.3) is 0 Å². The van der Waals surface area contributed by atoms with E-state index in [0.717, 1.165) is 31.7 Å². The van der Waals surface area contributed by atoms with Gasteiger partial charge in [-0.15, -0.1) is 0 Å². The van der Waals surface area contributed by atoms with Crippen molar-refractivity contribution in [3.8, 4) is 5.75 Å². The number of morpholine rings is 1. The Morgan fingerprint density at radius 1 is 1.39 bits per heavy atom. The highest BCUT2D eigenvalue weighted by atomic mass is 16.5. The Bertz CT molecular complexity index is 559. The fraction of sp³-hybridized carbons (Fsp3) is 0.611. The highest BCUT2D eigenvalue weighted by molar-refractivity contribution is 5.81. The van der Waals surface area contributed by atoms with Crippen molar-refractivity contribution >= 4 is 5.91 Å². The molecule has 1 aromatic rings. The number of hydrogen-bond donors (Lipinski definition) is 1. The zero-order valence-corrected chi connectivity index (χ0v) is 14.0.